The average molecular weight is 205 g/mol. The molecule has 0 saturated carbocycles. The van der Waals surface area contributed by atoms with Gasteiger partial charge < -0.3 is 14.8 Å². The molecule has 2 unspecified atom stereocenters. The Morgan fingerprint density at radius 1 is 1.40 bits per heavy atom. The van der Waals surface area contributed by atoms with Crippen molar-refractivity contribution in [1.29, 1.82) is 0 Å². The van der Waals surface area contributed by atoms with Gasteiger partial charge in [-0.1, -0.05) is 12.1 Å². The number of anilines is 1. The van der Waals surface area contributed by atoms with E-state index in [0.717, 1.165) is 31.1 Å². The van der Waals surface area contributed by atoms with Crippen LogP contribution in [0.2, 0.25) is 0 Å². The third-order valence-electron chi connectivity index (χ3n) is 3.11. The van der Waals surface area contributed by atoms with E-state index in [-0.39, 0.29) is 6.10 Å². The van der Waals surface area contributed by atoms with Crippen LogP contribution in [0, 0.1) is 6.92 Å². The fraction of sp³-hybridized carbons (Fsp3) is 0.500. The Labute approximate surface area is 89.4 Å². The molecule has 15 heavy (non-hydrogen) atoms. The number of benzene rings is 1. The third-order valence-corrected chi connectivity index (χ3v) is 3.11. The first-order chi connectivity index (χ1) is 7.34. The maximum Gasteiger partial charge on any atom is 0.145 e. The van der Waals surface area contributed by atoms with Crippen LogP contribution >= 0.6 is 0 Å². The number of rotatable bonds is 0. The molecule has 0 spiro atoms. The molecule has 3 rings (SSSR count). The van der Waals surface area contributed by atoms with E-state index < -0.39 is 0 Å². The van der Waals surface area contributed by atoms with Gasteiger partial charge in [0.15, 0.2) is 0 Å². The summed E-state index contributed by atoms with van der Waals surface area (Å²) < 4.78 is 11.5. The van der Waals surface area contributed by atoms with Gasteiger partial charge in [-0.25, -0.2) is 0 Å². The van der Waals surface area contributed by atoms with Crippen molar-refractivity contribution in [2.75, 3.05) is 18.5 Å². The Bertz CT molecular complexity index is 378. The molecule has 0 amide bonds. The van der Waals surface area contributed by atoms with Crippen LogP contribution in [-0.2, 0) is 4.74 Å². The first kappa shape index (κ1) is 9.04. The van der Waals surface area contributed by atoms with Crippen LogP contribution in [0.3, 0.4) is 0 Å². The van der Waals surface area contributed by atoms with Crippen molar-refractivity contribution in [3.63, 3.8) is 0 Å². The summed E-state index contributed by atoms with van der Waals surface area (Å²) in [6.45, 7) is 3.64. The van der Waals surface area contributed by atoms with E-state index in [1.54, 1.807) is 0 Å². The zero-order chi connectivity index (χ0) is 10.3. The lowest BCUT2D eigenvalue weighted by atomic mass is 10.0. The average Bonchev–Trinajstić information content (AvgIpc) is 2.27. The van der Waals surface area contributed by atoms with Gasteiger partial charge in [-0.15, -0.1) is 0 Å². The highest BCUT2D eigenvalue weighted by atomic mass is 16.5. The van der Waals surface area contributed by atoms with Crippen molar-refractivity contribution in [1.82, 2.24) is 0 Å². The topological polar surface area (TPSA) is 30.5 Å². The van der Waals surface area contributed by atoms with Crippen molar-refractivity contribution in [2.24, 2.45) is 0 Å². The van der Waals surface area contributed by atoms with Gasteiger partial charge in [-0.3, -0.25) is 0 Å². The molecule has 3 heteroatoms. The number of aryl methyl sites for hydroxylation is 1. The molecule has 2 aliphatic heterocycles. The SMILES string of the molecule is Cc1cccc2c1OC1CCOCC1N2. The molecule has 1 N–H and O–H groups in total. The standard InChI is InChI=1S/C12H15NO2/c1-8-3-2-4-9-12(8)15-11-5-6-14-7-10(11)13-9/h2-4,10-11,13H,5-7H2,1H3. The molecule has 3 nitrogen and oxygen atoms in total. The van der Waals surface area contributed by atoms with Crippen LogP contribution in [0.4, 0.5) is 5.69 Å². The maximum atomic E-state index is 6.02. The number of hydrogen-bond acceptors (Lipinski definition) is 3. The van der Waals surface area contributed by atoms with Gasteiger partial charge in [0.1, 0.15) is 11.9 Å². The monoisotopic (exact) mass is 205 g/mol. The molecular formula is C12H15NO2. The summed E-state index contributed by atoms with van der Waals surface area (Å²) >= 11 is 0. The number of fused-ring (bicyclic) bond motifs is 2. The Morgan fingerprint density at radius 2 is 2.33 bits per heavy atom. The molecule has 2 heterocycles. The van der Waals surface area contributed by atoms with Crippen molar-refractivity contribution in [2.45, 2.75) is 25.5 Å². The molecule has 2 aliphatic rings. The molecule has 0 aromatic heterocycles. The highest BCUT2D eigenvalue weighted by Gasteiger charge is 2.32. The number of para-hydroxylation sites is 1. The molecule has 1 aromatic rings. The summed E-state index contributed by atoms with van der Waals surface area (Å²) in [5, 5.41) is 3.49. The van der Waals surface area contributed by atoms with Crippen LogP contribution < -0.4 is 10.1 Å². The quantitative estimate of drug-likeness (QED) is 0.702. The van der Waals surface area contributed by atoms with Gasteiger partial charge in [0.2, 0.25) is 0 Å². The predicted octanol–water partition coefficient (Wildman–Crippen LogP) is 1.96. The third kappa shape index (κ3) is 1.47. The summed E-state index contributed by atoms with van der Waals surface area (Å²) in [7, 11) is 0. The lowest BCUT2D eigenvalue weighted by molar-refractivity contribution is 0.00962. The van der Waals surface area contributed by atoms with E-state index in [1.165, 1.54) is 5.56 Å². The molecule has 0 bridgehead atoms. The lowest BCUT2D eigenvalue weighted by Crippen LogP contribution is -2.48. The zero-order valence-electron chi connectivity index (χ0n) is 8.82. The molecule has 1 fully saturated rings. The van der Waals surface area contributed by atoms with Crippen molar-refractivity contribution in [3.8, 4) is 5.75 Å². The molecular weight excluding hydrogens is 190 g/mol. The largest absolute Gasteiger partial charge is 0.486 e. The van der Waals surface area contributed by atoms with Crippen LogP contribution in [0.15, 0.2) is 18.2 Å². The van der Waals surface area contributed by atoms with Crippen LogP contribution in [0.1, 0.15) is 12.0 Å². The Balaban J connectivity index is 1.95. The molecule has 1 aromatic carbocycles. The second-order valence-electron chi connectivity index (χ2n) is 4.22. The first-order valence-corrected chi connectivity index (χ1v) is 5.45. The van der Waals surface area contributed by atoms with Gasteiger partial charge in [-0.2, -0.15) is 0 Å². The van der Waals surface area contributed by atoms with E-state index in [1.807, 2.05) is 0 Å². The van der Waals surface area contributed by atoms with E-state index in [4.69, 9.17) is 9.47 Å². The molecule has 1 saturated heterocycles. The van der Waals surface area contributed by atoms with E-state index in [2.05, 4.69) is 30.4 Å². The fourth-order valence-electron chi connectivity index (χ4n) is 2.27. The molecule has 80 valence electrons. The van der Waals surface area contributed by atoms with Gasteiger partial charge in [0, 0.05) is 6.42 Å². The smallest absolute Gasteiger partial charge is 0.145 e. The summed E-state index contributed by atoms with van der Waals surface area (Å²) in [6, 6.07) is 6.51. The van der Waals surface area contributed by atoms with Gasteiger partial charge in [0.05, 0.1) is 24.9 Å². The summed E-state index contributed by atoms with van der Waals surface area (Å²) in [5.74, 6) is 1.01. The molecule has 0 aliphatic carbocycles. The van der Waals surface area contributed by atoms with E-state index in [0.29, 0.717) is 6.04 Å². The minimum Gasteiger partial charge on any atom is -0.486 e. The number of hydrogen-bond donors (Lipinski definition) is 1. The number of nitrogens with one attached hydrogen (secondary N) is 1. The van der Waals surface area contributed by atoms with Gasteiger partial charge in [-0.05, 0) is 18.6 Å². The Kier molecular flexibility index (Phi) is 2.06. The highest BCUT2D eigenvalue weighted by Crippen LogP contribution is 2.35. The lowest BCUT2D eigenvalue weighted by Gasteiger charge is -2.38. The first-order valence-electron chi connectivity index (χ1n) is 5.45. The fourth-order valence-corrected chi connectivity index (χ4v) is 2.27. The zero-order valence-corrected chi connectivity index (χ0v) is 8.82. The summed E-state index contributed by atoms with van der Waals surface area (Å²) in [4.78, 5) is 0. The van der Waals surface area contributed by atoms with Gasteiger partial charge >= 0.3 is 0 Å². The highest BCUT2D eigenvalue weighted by molar-refractivity contribution is 5.62. The van der Waals surface area contributed by atoms with Crippen LogP contribution in [0.5, 0.6) is 5.75 Å². The van der Waals surface area contributed by atoms with E-state index >= 15 is 0 Å². The summed E-state index contributed by atoms with van der Waals surface area (Å²) in [6.07, 6.45) is 1.25. The molecule has 0 radical (unpaired) electrons. The minimum atomic E-state index is 0.271. The summed E-state index contributed by atoms with van der Waals surface area (Å²) in [5.41, 5.74) is 2.30. The second-order valence-corrected chi connectivity index (χ2v) is 4.22. The maximum absolute atomic E-state index is 6.02. The molecule has 2 atom stereocenters. The number of ether oxygens (including phenoxy) is 2. The predicted molar refractivity (Wildman–Crippen MR) is 58.4 cm³/mol. The van der Waals surface area contributed by atoms with Crippen LogP contribution in [-0.4, -0.2) is 25.4 Å². The second kappa shape index (κ2) is 3.42. The normalized spacial score (nSPS) is 28.3. The Hall–Kier alpha value is -1.22. The Morgan fingerprint density at radius 3 is 3.27 bits per heavy atom. The van der Waals surface area contributed by atoms with Crippen LogP contribution in [0.25, 0.3) is 0 Å². The van der Waals surface area contributed by atoms with E-state index in [9.17, 15) is 0 Å². The van der Waals surface area contributed by atoms with Crippen molar-refractivity contribution < 1.29 is 9.47 Å². The van der Waals surface area contributed by atoms with Crippen molar-refractivity contribution >= 4 is 5.69 Å². The van der Waals surface area contributed by atoms with Gasteiger partial charge in [0.25, 0.3) is 0 Å². The minimum absolute atomic E-state index is 0.271. The van der Waals surface area contributed by atoms with Crippen molar-refractivity contribution in [3.05, 3.63) is 23.8 Å².